The highest BCUT2D eigenvalue weighted by Crippen LogP contribution is 2.43. The van der Waals surface area contributed by atoms with Crippen LogP contribution in [0.15, 0.2) is 18.2 Å². The van der Waals surface area contributed by atoms with Gasteiger partial charge < -0.3 is 10.1 Å². The molecular weight excluding hydrogens is 260 g/mol. The Morgan fingerprint density at radius 2 is 2.26 bits per heavy atom. The van der Waals surface area contributed by atoms with Gasteiger partial charge in [0.15, 0.2) is 0 Å². The minimum Gasteiger partial charge on any atom is -0.490 e. The summed E-state index contributed by atoms with van der Waals surface area (Å²) in [5.74, 6) is 0.733. The molecule has 0 amide bonds. The fraction of sp³-hybridized carbons (Fsp3) is 0.533. The Labute approximate surface area is 119 Å². The van der Waals surface area contributed by atoms with Crippen molar-refractivity contribution in [2.45, 2.75) is 39.3 Å². The average Bonchev–Trinajstić information content (AvgIpc) is 2.38. The Kier molecular flexibility index (Phi) is 4.03. The summed E-state index contributed by atoms with van der Waals surface area (Å²) in [5, 5.41) is 12.8. The van der Waals surface area contributed by atoms with E-state index < -0.39 is 0 Å². The van der Waals surface area contributed by atoms with Gasteiger partial charge in [-0.1, -0.05) is 32.4 Å². The maximum atomic E-state index is 8.84. The predicted molar refractivity (Wildman–Crippen MR) is 76.4 cm³/mol. The molecule has 4 heteroatoms. The lowest BCUT2D eigenvalue weighted by molar-refractivity contribution is -0.0541. The van der Waals surface area contributed by atoms with Gasteiger partial charge in [0.05, 0.1) is 10.6 Å². The highest BCUT2D eigenvalue weighted by Gasteiger charge is 2.49. The number of nitrogens with zero attached hydrogens (tertiary/aromatic N) is 1. The van der Waals surface area contributed by atoms with E-state index in [0.29, 0.717) is 16.6 Å². The number of nitrogens with one attached hydrogen (secondary N) is 1. The Bertz CT molecular complexity index is 507. The molecule has 1 fully saturated rings. The molecular formula is C15H19ClN2O. The largest absolute Gasteiger partial charge is 0.490 e. The molecule has 2 unspecified atom stereocenters. The molecule has 0 radical (unpaired) electrons. The third-order valence-electron chi connectivity index (χ3n) is 3.97. The summed E-state index contributed by atoms with van der Waals surface area (Å²) in [6.07, 6.45) is 1.18. The van der Waals surface area contributed by atoms with Crippen LogP contribution in [0, 0.1) is 16.7 Å². The molecule has 0 spiro atoms. The molecule has 19 heavy (non-hydrogen) atoms. The van der Waals surface area contributed by atoms with E-state index >= 15 is 0 Å². The van der Waals surface area contributed by atoms with Gasteiger partial charge in [0, 0.05) is 23.9 Å². The maximum absolute atomic E-state index is 8.84. The number of rotatable bonds is 4. The summed E-state index contributed by atoms with van der Waals surface area (Å²) in [6.45, 7) is 7.51. The summed E-state index contributed by atoms with van der Waals surface area (Å²) < 4.78 is 5.99. The zero-order valence-corrected chi connectivity index (χ0v) is 12.3. The van der Waals surface area contributed by atoms with Gasteiger partial charge in [-0.2, -0.15) is 5.26 Å². The maximum Gasteiger partial charge on any atom is 0.121 e. The second-order valence-electron chi connectivity index (χ2n) is 5.53. The molecule has 0 aliphatic heterocycles. The van der Waals surface area contributed by atoms with Gasteiger partial charge in [0.1, 0.15) is 17.9 Å². The second kappa shape index (κ2) is 5.40. The fourth-order valence-corrected chi connectivity index (χ4v) is 2.72. The second-order valence-corrected chi connectivity index (χ2v) is 5.93. The lowest BCUT2D eigenvalue weighted by Gasteiger charge is -2.51. The molecule has 0 saturated heterocycles. The molecule has 1 saturated carbocycles. The first kappa shape index (κ1) is 14.2. The van der Waals surface area contributed by atoms with E-state index in [9.17, 15) is 0 Å². The number of hydrogen-bond donors (Lipinski definition) is 1. The van der Waals surface area contributed by atoms with Gasteiger partial charge in [-0.15, -0.1) is 0 Å². The molecule has 2 atom stereocenters. The predicted octanol–water partition coefficient (Wildman–Crippen LogP) is 3.37. The first-order valence-electron chi connectivity index (χ1n) is 6.58. The zero-order valence-electron chi connectivity index (χ0n) is 11.5. The van der Waals surface area contributed by atoms with Crippen LogP contribution in [-0.2, 0) is 0 Å². The van der Waals surface area contributed by atoms with Crippen LogP contribution in [-0.4, -0.2) is 18.7 Å². The molecule has 3 nitrogen and oxygen atoms in total. The van der Waals surface area contributed by atoms with Crippen molar-refractivity contribution in [3.63, 3.8) is 0 Å². The Morgan fingerprint density at radius 1 is 1.53 bits per heavy atom. The minimum atomic E-state index is 0.108. The minimum absolute atomic E-state index is 0.108. The van der Waals surface area contributed by atoms with Crippen LogP contribution in [0.5, 0.6) is 5.75 Å². The van der Waals surface area contributed by atoms with Crippen molar-refractivity contribution in [3.8, 4) is 11.8 Å². The van der Waals surface area contributed by atoms with E-state index in [1.165, 1.54) is 0 Å². The van der Waals surface area contributed by atoms with E-state index in [1.54, 1.807) is 18.2 Å². The van der Waals surface area contributed by atoms with Gasteiger partial charge in [0.2, 0.25) is 0 Å². The topological polar surface area (TPSA) is 45.0 Å². The van der Waals surface area contributed by atoms with E-state index in [4.69, 9.17) is 21.6 Å². The van der Waals surface area contributed by atoms with Gasteiger partial charge in [-0.05, 0) is 18.7 Å². The summed E-state index contributed by atoms with van der Waals surface area (Å²) in [5.41, 5.74) is 0.587. The molecule has 1 aliphatic rings. The Hall–Kier alpha value is -1.24. The first-order chi connectivity index (χ1) is 8.98. The normalized spacial score (nSPS) is 24.4. The van der Waals surface area contributed by atoms with Crippen molar-refractivity contribution in [2.24, 2.45) is 5.41 Å². The van der Waals surface area contributed by atoms with E-state index in [-0.39, 0.29) is 11.5 Å². The molecule has 0 heterocycles. The fourth-order valence-electron chi connectivity index (χ4n) is 2.50. The van der Waals surface area contributed by atoms with Crippen molar-refractivity contribution in [2.75, 3.05) is 6.54 Å². The smallest absolute Gasteiger partial charge is 0.121 e. The van der Waals surface area contributed by atoms with E-state index in [0.717, 1.165) is 18.7 Å². The molecule has 1 aromatic rings. The van der Waals surface area contributed by atoms with E-state index in [1.807, 2.05) is 6.07 Å². The van der Waals surface area contributed by atoms with Crippen LogP contribution in [0.2, 0.25) is 5.02 Å². The van der Waals surface area contributed by atoms with Crippen molar-refractivity contribution in [1.82, 2.24) is 5.32 Å². The molecule has 1 N–H and O–H groups in total. The molecule has 2 rings (SSSR count). The number of benzene rings is 1. The van der Waals surface area contributed by atoms with Crippen LogP contribution >= 0.6 is 11.6 Å². The van der Waals surface area contributed by atoms with Crippen molar-refractivity contribution < 1.29 is 4.74 Å². The van der Waals surface area contributed by atoms with Crippen molar-refractivity contribution in [1.29, 1.82) is 5.26 Å². The number of halogens is 1. The highest BCUT2D eigenvalue weighted by molar-refractivity contribution is 6.31. The Morgan fingerprint density at radius 3 is 2.79 bits per heavy atom. The number of nitriles is 1. The molecule has 1 aromatic carbocycles. The molecule has 0 bridgehead atoms. The molecule has 0 aromatic heterocycles. The van der Waals surface area contributed by atoms with Crippen molar-refractivity contribution >= 4 is 11.6 Å². The van der Waals surface area contributed by atoms with Crippen LogP contribution in [0.3, 0.4) is 0 Å². The Balaban J connectivity index is 2.04. The third-order valence-corrected chi connectivity index (χ3v) is 4.28. The average molecular weight is 279 g/mol. The summed E-state index contributed by atoms with van der Waals surface area (Å²) in [7, 11) is 0. The number of hydrogen-bond acceptors (Lipinski definition) is 3. The molecule has 1 aliphatic carbocycles. The van der Waals surface area contributed by atoms with Gasteiger partial charge in [0.25, 0.3) is 0 Å². The summed E-state index contributed by atoms with van der Waals surface area (Å²) in [6, 6.07) is 7.77. The van der Waals surface area contributed by atoms with E-state index in [2.05, 4.69) is 26.1 Å². The standard InChI is InChI=1S/C15H19ClN2O/c1-4-18-13-8-14(15(13,2)3)19-11-6-5-10(9-17)12(16)7-11/h5-7,13-14,18H,4,8H2,1-3H3. The quantitative estimate of drug-likeness (QED) is 0.918. The van der Waals surface area contributed by atoms with Gasteiger partial charge in [-0.25, -0.2) is 0 Å². The first-order valence-corrected chi connectivity index (χ1v) is 6.96. The lowest BCUT2D eigenvalue weighted by Crippen LogP contribution is -2.62. The van der Waals surface area contributed by atoms with Crippen LogP contribution in [0.25, 0.3) is 0 Å². The SMILES string of the molecule is CCNC1CC(Oc2ccc(C#N)c(Cl)c2)C1(C)C. The van der Waals surface area contributed by atoms with Crippen LogP contribution in [0.4, 0.5) is 0 Å². The van der Waals surface area contributed by atoms with Gasteiger partial charge >= 0.3 is 0 Å². The van der Waals surface area contributed by atoms with Crippen LogP contribution in [0.1, 0.15) is 32.8 Å². The third kappa shape index (κ3) is 2.70. The van der Waals surface area contributed by atoms with Crippen molar-refractivity contribution in [3.05, 3.63) is 28.8 Å². The summed E-state index contributed by atoms with van der Waals surface area (Å²) in [4.78, 5) is 0. The van der Waals surface area contributed by atoms with Gasteiger partial charge in [-0.3, -0.25) is 0 Å². The van der Waals surface area contributed by atoms with Crippen LogP contribution < -0.4 is 10.1 Å². The summed E-state index contributed by atoms with van der Waals surface area (Å²) >= 11 is 6.01. The number of ether oxygens (including phenoxy) is 1. The highest BCUT2D eigenvalue weighted by atomic mass is 35.5. The monoisotopic (exact) mass is 278 g/mol. The lowest BCUT2D eigenvalue weighted by atomic mass is 9.64. The zero-order chi connectivity index (χ0) is 14.0. The molecule has 102 valence electrons.